The van der Waals surface area contributed by atoms with E-state index in [4.69, 9.17) is 11.6 Å². The highest BCUT2D eigenvalue weighted by atomic mass is 79.9. The predicted molar refractivity (Wildman–Crippen MR) is 85.9 cm³/mol. The minimum atomic E-state index is -0.217. The Morgan fingerprint density at radius 3 is 2.70 bits per heavy atom. The lowest BCUT2D eigenvalue weighted by atomic mass is 9.92. The molecule has 0 saturated heterocycles. The summed E-state index contributed by atoms with van der Waals surface area (Å²) in [5.74, 6) is -0.0163. The molecule has 1 nitrogen and oxygen atoms in total. The number of hydrogen-bond donors (Lipinski definition) is 1. The molecule has 2 aromatic carbocycles. The molecule has 0 amide bonds. The Morgan fingerprint density at radius 2 is 2.00 bits per heavy atom. The van der Waals surface area contributed by atoms with E-state index in [1.54, 1.807) is 12.1 Å². The molecule has 0 bridgehead atoms. The summed E-state index contributed by atoms with van der Waals surface area (Å²) in [5.41, 5.74) is 2.03. The van der Waals surface area contributed by atoms with Crippen molar-refractivity contribution in [3.8, 4) is 0 Å². The molecule has 20 heavy (non-hydrogen) atoms. The zero-order valence-electron chi connectivity index (χ0n) is 11.2. The molecule has 2 aromatic rings. The van der Waals surface area contributed by atoms with Gasteiger partial charge in [0.25, 0.3) is 0 Å². The molecular weight excluding hydrogens is 341 g/mol. The summed E-state index contributed by atoms with van der Waals surface area (Å²) in [5, 5.41) is 3.93. The fourth-order valence-corrected chi connectivity index (χ4v) is 3.01. The van der Waals surface area contributed by atoms with Crippen LogP contribution in [-0.2, 0) is 6.42 Å². The molecule has 106 valence electrons. The fourth-order valence-electron chi connectivity index (χ4n) is 2.31. The maximum absolute atomic E-state index is 13.4. The third kappa shape index (κ3) is 3.81. The molecule has 1 unspecified atom stereocenters. The van der Waals surface area contributed by atoms with Crippen LogP contribution in [-0.4, -0.2) is 13.6 Å². The van der Waals surface area contributed by atoms with Gasteiger partial charge in [-0.05, 0) is 48.9 Å². The van der Waals surface area contributed by atoms with Crippen LogP contribution in [0, 0.1) is 5.82 Å². The van der Waals surface area contributed by atoms with Crippen molar-refractivity contribution < 1.29 is 4.39 Å². The second kappa shape index (κ2) is 7.21. The van der Waals surface area contributed by atoms with Gasteiger partial charge in [-0.25, -0.2) is 4.39 Å². The molecule has 0 spiro atoms. The summed E-state index contributed by atoms with van der Waals surface area (Å²) in [6.07, 6.45) is 0.725. The Labute approximate surface area is 132 Å². The van der Waals surface area contributed by atoms with Crippen LogP contribution in [0.15, 0.2) is 46.9 Å². The Morgan fingerprint density at radius 1 is 1.25 bits per heavy atom. The van der Waals surface area contributed by atoms with Crippen molar-refractivity contribution in [3.05, 3.63) is 68.9 Å². The van der Waals surface area contributed by atoms with Gasteiger partial charge >= 0.3 is 0 Å². The maximum atomic E-state index is 13.4. The minimum absolute atomic E-state index is 0.201. The van der Waals surface area contributed by atoms with E-state index in [0.29, 0.717) is 0 Å². The molecular formula is C16H16BrClFN. The summed E-state index contributed by atoms with van der Waals surface area (Å²) >= 11 is 9.76. The molecule has 4 heteroatoms. The van der Waals surface area contributed by atoms with Crippen LogP contribution in [0.2, 0.25) is 5.02 Å². The molecule has 0 aliphatic heterocycles. The molecule has 0 saturated carbocycles. The van der Waals surface area contributed by atoms with E-state index < -0.39 is 0 Å². The first-order chi connectivity index (χ1) is 9.61. The standard InChI is InChI=1S/C16H16BrClFN/c1-20-10-12(14-4-2-3-5-16(14)18)8-11-9-13(19)6-7-15(11)17/h2-7,9,12,20H,8,10H2,1H3. The van der Waals surface area contributed by atoms with Gasteiger partial charge in [0, 0.05) is 22.0 Å². The second-order valence-corrected chi connectivity index (χ2v) is 5.98. The van der Waals surface area contributed by atoms with Crippen molar-refractivity contribution in [1.29, 1.82) is 0 Å². The topological polar surface area (TPSA) is 12.0 Å². The van der Waals surface area contributed by atoms with E-state index in [9.17, 15) is 4.39 Å². The first-order valence-electron chi connectivity index (χ1n) is 6.44. The fraction of sp³-hybridized carbons (Fsp3) is 0.250. The first kappa shape index (κ1) is 15.5. The lowest BCUT2D eigenvalue weighted by molar-refractivity contribution is 0.607. The second-order valence-electron chi connectivity index (χ2n) is 4.72. The van der Waals surface area contributed by atoms with E-state index in [0.717, 1.165) is 33.6 Å². The van der Waals surface area contributed by atoms with Crippen molar-refractivity contribution in [1.82, 2.24) is 5.32 Å². The summed E-state index contributed by atoms with van der Waals surface area (Å²) in [6, 6.07) is 12.6. The third-order valence-corrected chi connectivity index (χ3v) is 4.39. The van der Waals surface area contributed by atoms with E-state index in [2.05, 4.69) is 21.2 Å². The SMILES string of the molecule is CNCC(Cc1cc(F)ccc1Br)c1ccccc1Cl. The summed E-state index contributed by atoms with van der Waals surface area (Å²) in [4.78, 5) is 0. The van der Waals surface area contributed by atoms with E-state index in [1.807, 2.05) is 31.3 Å². The number of nitrogens with one attached hydrogen (secondary N) is 1. The van der Waals surface area contributed by atoms with Crippen molar-refractivity contribution in [2.24, 2.45) is 0 Å². The van der Waals surface area contributed by atoms with Crippen LogP contribution >= 0.6 is 27.5 Å². The van der Waals surface area contributed by atoms with Crippen LogP contribution in [0.25, 0.3) is 0 Å². The number of rotatable bonds is 5. The lowest BCUT2D eigenvalue weighted by Gasteiger charge is -2.19. The largest absolute Gasteiger partial charge is 0.319 e. The van der Waals surface area contributed by atoms with Gasteiger partial charge in [-0.15, -0.1) is 0 Å². The smallest absolute Gasteiger partial charge is 0.123 e. The van der Waals surface area contributed by atoms with Gasteiger partial charge in [0.15, 0.2) is 0 Å². The zero-order valence-corrected chi connectivity index (χ0v) is 13.5. The monoisotopic (exact) mass is 355 g/mol. The van der Waals surface area contributed by atoms with Crippen molar-refractivity contribution >= 4 is 27.5 Å². The lowest BCUT2D eigenvalue weighted by Crippen LogP contribution is -2.19. The summed E-state index contributed by atoms with van der Waals surface area (Å²) in [6.45, 7) is 0.784. The molecule has 0 aliphatic carbocycles. The van der Waals surface area contributed by atoms with Crippen LogP contribution in [0.5, 0.6) is 0 Å². The Bertz CT molecular complexity index is 588. The molecule has 0 heterocycles. The van der Waals surface area contributed by atoms with E-state index >= 15 is 0 Å². The Balaban J connectivity index is 2.30. The molecule has 0 radical (unpaired) electrons. The predicted octanol–water partition coefficient (Wildman–Crippen LogP) is 4.79. The molecule has 1 N–H and O–H groups in total. The van der Waals surface area contributed by atoms with Crippen LogP contribution in [0.4, 0.5) is 4.39 Å². The highest BCUT2D eigenvalue weighted by Gasteiger charge is 2.16. The number of halogens is 3. The van der Waals surface area contributed by atoms with Crippen LogP contribution < -0.4 is 5.32 Å². The number of hydrogen-bond acceptors (Lipinski definition) is 1. The van der Waals surface area contributed by atoms with Crippen LogP contribution in [0.1, 0.15) is 17.0 Å². The third-order valence-electron chi connectivity index (χ3n) is 3.27. The molecule has 0 aliphatic rings. The van der Waals surface area contributed by atoms with Gasteiger partial charge in [0.2, 0.25) is 0 Å². The average Bonchev–Trinajstić information content (AvgIpc) is 2.43. The van der Waals surface area contributed by atoms with Gasteiger partial charge in [0.1, 0.15) is 5.82 Å². The van der Waals surface area contributed by atoms with Gasteiger partial charge in [-0.1, -0.05) is 45.7 Å². The molecule has 2 rings (SSSR count). The molecule has 0 fully saturated rings. The van der Waals surface area contributed by atoms with Gasteiger partial charge in [0.05, 0.1) is 0 Å². The molecule has 0 aromatic heterocycles. The minimum Gasteiger partial charge on any atom is -0.319 e. The van der Waals surface area contributed by atoms with Gasteiger partial charge in [-0.2, -0.15) is 0 Å². The Kier molecular flexibility index (Phi) is 5.58. The quantitative estimate of drug-likeness (QED) is 0.812. The van der Waals surface area contributed by atoms with Gasteiger partial charge < -0.3 is 5.32 Å². The highest BCUT2D eigenvalue weighted by molar-refractivity contribution is 9.10. The van der Waals surface area contributed by atoms with Crippen molar-refractivity contribution in [2.45, 2.75) is 12.3 Å². The zero-order chi connectivity index (χ0) is 14.5. The van der Waals surface area contributed by atoms with Crippen molar-refractivity contribution in [3.63, 3.8) is 0 Å². The summed E-state index contributed by atoms with van der Waals surface area (Å²) < 4.78 is 14.3. The van der Waals surface area contributed by atoms with E-state index in [1.165, 1.54) is 6.07 Å². The molecule has 1 atom stereocenters. The number of likely N-dealkylation sites (N-methyl/N-ethyl adjacent to an activating group) is 1. The average molecular weight is 357 g/mol. The summed E-state index contributed by atoms with van der Waals surface area (Å²) in [7, 11) is 1.91. The van der Waals surface area contributed by atoms with Gasteiger partial charge in [-0.3, -0.25) is 0 Å². The highest BCUT2D eigenvalue weighted by Crippen LogP contribution is 2.29. The normalized spacial score (nSPS) is 12.4. The number of benzene rings is 2. The maximum Gasteiger partial charge on any atom is 0.123 e. The first-order valence-corrected chi connectivity index (χ1v) is 7.62. The van der Waals surface area contributed by atoms with Crippen molar-refractivity contribution in [2.75, 3.05) is 13.6 Å². The van der Waals surface area contributed by atoms with Crippen LogP contribution in [0.3, 0.4) is 0 Å². The Hall–Kier alpha value is -0.900. The van der Waals surface area contributed by atoms with E-state index in [-0.39, 0.29) is 11.7 Å².